The highest BCUT2D eigenvalue weighted by Crippen LogP contribution is 2.43. The number of alkyl halides is 2. The zero-order chi connectivity index (χ0) is 21.8. The van der Waals surface area contributed by atoms with E-state index in [9.17, 15) is 18.0 Å². The summed E-state index contributed by atoms with van der Waals surface area (Å²) in [5.74, 6) is -0.593. The molecule has 1 atom stereocenters. The Bertz CT molecular complexity index is 1210. The second kappa shape index (κ2) is 7.37. The smallest absolute Gasteiger partial charge is 0.266 e. The summed E-state index contributed by atoms with van der Waals surface area (Å²) >= 11 is 3.41. The van der Waals surface area contributed by atoms with Crippen LogP contribution in [0, 0.1) is 12.7 Å². The van der Waals surface area contributed by atoms with E-state index in [1.54, 1.807) is 24.6 Å². The first kappa shape index (κ1) is 20.8. The molecule has 0 saturated heterocycles. The van der Waals surface area contributed by atoms with Gasteiger partial charge >= 0.3 is 0 Å². The monoisotopic (exact) mass is 480 g/mol. The van der Waals surface area contributed by atoms with Crippen molar-refractivity contribution < 1.29 is 13.2 Å². The fourth-order valence-corrected chi connectivity index (χ4v) is 4.32. The van der Waals surface area contributed by atoms with Crippen LogP contribution in [0.1, 0.15) is 56.0 Å². The molecule has 0 spiro atoms. The Morgan fingerprint density at radius 3 is 2.53 bits per heavy atom. The molecule has 0 aliphatic heterocycles. The van der Waals surface area contributed by atoms with Gasteiger partial charge in [0.1, 0.15) is 5.82 Å². The molecular formula is C21H20BrF3N4O. The largest absolute Gasteiger partial charge is 0.361 e. The average Bonchev–Trinajstić information content (AvgIpc) is 3.44. The van der Waals surface area contributed by atoms with Gasteiger partial charge in [0.15, 0.2) is 5.82 Å². The summed E-state index contributed by atoms with van der Waals surface area (Å²) in [5, 5.41) is 12.7. The maximum absolute atomic E-state index is 14.6. The molecule has 2 heterocycles. The maximum atomic E-state index is 14.6. The van der Waals surface area contributed by atoms with Crippen molar-refractivity contribution >= 4 is 32.5 Å². The molecule has 1 N–H and O–H groups in total. The first-order valence-electron chi connectivity index (χ1n) is 9.55. The Hall–Kier alpha value is -2.42. The van der Waals surface area contributed by atoms with Gasteiger partial charge in [-0.1, -0.05) is 18.2 Å². The van der Waals surface area contributed by atoms with Crippen LogP contribution < -0.4 is 10.9 Å². The SMILES string of the molecule is Cc1nnc(N[C@H](C)c2cccc(C(F)F)c2F)c2cn(C3(C)CC3)c(=O)c(Br)c12. The number of halogens is 4. The van der Waals surface area contributed by atoms with Gasteiger partial charge in [0.2, 0.25) is 0 Å². The Kier molecular flexibility index (Phi) is 5.12. The van der Waals surface area contributed by atoms with Crippen molar-refractivity contribution in [3.8, 4) is 0 Å². The Morgan fingerprint density at radius 1 is 1.23 bits per heavy atom. The minimum absolute atomic E-state index is 0.102. The molecular weight excluding hydrogens is 461 g/mol. The first-order valence-corrected chi connectivity index (χ1v) is 10.3. The van der Waals surface area contributed by atoms with Crippen LogP contribution in [0.4, 0.5) is 19.0 Å². The van der Waals surface area contributed by atoms with Gasteiger partial charge < -0.3 is 9.88 Å². The van der Waals surface area contributed by atoms with Gasteiger partial charge in [0, 0.05) is 28.1 Å². The van der Waals surface area contributed by atoms with Crippen molar-refractivity contribution in [1.82, 2.24) is 14.8 Å². The number of fused-ring (bicyclic) bond motifs is 1. The first-order chi connectivity index (χ1) is 14.1. The average molecular weight is 481 g/mol. The number of hydrogen-bond acceptors (Lipinski definition) is 4. The molecule has 30 heavy (non-hydrogen) atoms. The summed E-state index contributed by atoms with van der Waals surface area (Å²) in [6, 6.07) is 3.28. The van der Waals surface area contributed by atoms with Crippen molar-refractivity contribution in [2.24, 2.45) is 0 Å². The van der Waals surface area contributed by atoms with Gasteiger partial charge in [-0.3, -0.25) is 4.79 Å². The summed E-state index contributed by atoms with van der Waals surface area (Å²) in [6.45, 7) is 5.42. The van der Waals surface area contributed by atoms with Crippen molar-refractivity contribution in [2.75, 3.05) is 5.32 Å². The quantitative estimate of drug-likeness (QED) is 0.514. The Balaban J connectivity index is 1.82. The summed E-state index contributed by atoms with van der Waals surface area (Å²) in [7, 11) is 0. The minimum Gasteiger partial charge on any atom is -0.361 e. The van der Waals surface area contributed by atoms with E-state index < -0.39 is 23.8 Å². The van der Waals surface area contributed by atoms with Crippen LogP contribution in [0.5, 0.6) is 0 Å². The number of aryl methyl sites for hydroxylation is 1. The van der Waals surface area contributed by atoms with E-state index >= 15 is 0 Å². The van der Waals surface area contributed by atoms with Crippen LogP contribution in [0.2, 0.25) is 0 Å². The molecule has 1 fully saturated rings. The van der Waals surface area contributed by atoms with Gasteiger partial charge in [0.25, 0.3) is 12.0 Å². The Morgan fingerprint density at radius 2 is 1.90 bits per heavy atom. The van der Waals surface area contributed by atoms with E-state index in [1.807, 2.05) is 6.92 Å². The molecule has 2 aromatic heterocycles. The fraction of sp³-hybridized carbons (Fsp3) is 0.381. The standard InChI is InChI=1S/C21H20BrF3N4O/c1-10(12-5-4-6-13(17(12)23)18(24)25)26-19-14-9-29(21(3)7-8-21)20(30)16(22)15(14)11(2)27-28-19/h4-6,9-10,18H,7-8H2,1-3H3,(H,26,28)/t10-/m1/s1. The Labute approximate surface area is 179 Å². The summed E-state index contributed by atoms with van der Waals surface area (Å²) in [4.78, 5) is 12.8. The molecule has 0 radical (unpaired) electrons. The van der Waals surface area contributed by atoms with Crippen molar-refractivity contribution in [3.05, 3.63) is 61.9 Å². The molecule has 9 heteroatoms. The molecule has 4 rings (SSSR count). The molecule has 0 amide bonds. The normalized spacial score (nSPS) is 16.1. The second-order valence-electron chi connectivity index (χ2n) is 7.96. The number of pyridine rings is 1. The van der Waals surface area contributed by atoms with Gasteiger partial charge in [0.05, 0.1) is 21.8 Å². The van der Waals surface area contributed by atoms with Crippen molar-refractivity contribution in [2.45, 2.75) is 51.6 Å². The lowest BCUT2D eigenvalue weighted by Crippen LogP contribution is -2.29. The van der Waals surface area contributed by atoms with E-state index in [4.69, 9.17) is 0 Å². The van der Waals surface area contributed by atoms with E-state index in [-0.39, 0.29) is 16.7 Å². The molecule has 0 unspecified atom stereocenters. The van der Waals surface area contributed by atoms with Crippen LogP contribution >= 0.6 is 15.9 Å². The molecule has 1 aliphatic rings. The van der Waals surface area contributed by atoms with Gasteiger partial charge in [-0.05, 0) is 49.5 Å². The number of benzene rings is 1. The summed E-state index contributed by atoms with van der Waals surface area (Å²) in [5.41, 5.74) is -0.352. The topological polar surface area (TPSA) is 59.8 Å². The molecule has 3 aromatic rings. The van der Waals surface area contributed by atoms with Crippen LogP contribution in [-0.4, -0.2) is 14.8 Å². The van der Waals surface area contributed by atoms with E-state index in [0.29, 0.717) is 26.8 Å². The third-order valence-electron chi connectivity index (χ3n) is 5.74. The van der Waals surface area contributed by atoms with Gasteiger partial charge in [-0.15, -0.1) is 5.10 Å². The predicted octanol–water partition coefficient (Wildman–Crippen LogP) is 5.62. The number of rotatable bonds is 5. The van der Waals surface area contributed by atoms with E-state index in [2.05, 4.69) is 31.4 Å². The number of nitrogens with zero attached hydrogens (tertiary/aromatic N) is 3. The fourth-order valence-electron chi connectivity index (χ4n) is 3.63. The van der Waals surface area contributed by atoms with Gasteiger partial charge in [-0.25, -0.2) is 13.2 Å². The lowest BCUT2D eigenvalue weighted by atomic mass is 10.0. The summed E-state index contributed by atoms with van der Waals surface area (Å²) in [6.07, 6.45) is 0.639. The number of aromatic nitrogens is 3. The highest BCUT2D eigenvalue weighted by atomic mass is 79.9. The van der Waals surface area contributed by atoms with Crippen LogP contribution in [0.25, 0.3) is 10.8 Å². The van der Waals surface area contributed by atoms with Gasteiger partial charge in [-0.2, -0.15) is 5.10 Å². The highest BCUT2D eigenvalue weighted by Gasteiger charge is 2.40. The van der Waals surface area contributed by atoms with Crippen LogP contribution in [-0.2, 0) is 5.54 Å². The molecule has 158 valence electrons. The van der Waals surface area contributed by atoms with Crippen LogP contribution in [0.3, 0.4) is 0 Å². The number of anilines is 1. The molecule has 5 nitrogen and oxygen atoms in total. The van der Waals surface area contributed by atoms with Crippen molar-refractivity contribution in [3.63, 3.8) is 0 Å². The lowest BCUT2D eigenvalue weighted by Gasteiger charge is -2.20. The third kappa shape index (κ3) is 3.38. The molecule has 0 bridgehead atoms. The van der Waals surface area contributed by atoms with E-state index in [0.717, 1.165) is 18.9 Å². The zero-order valence-electron chi connectivity index (χ0n) is 16.6. The number of nitrogens with one attached hydrogen (secondary N) is 1. The minimum atomic E-state index is -2.90. The highest BCUT2D eigenvalue weighted by molar-refractivity contribution is 9.10. The predicted molar refractivity (Wildman–Crippen MR) is 113 cm³/mol. The number of hydrogen-bond donors (Lipinski definition) is 1. The molecule has 1 saturated carbocycles. The summed E-state index contributed by atoms with van der Waals surface area (Å²) < 4.78 is 42.8. The third-order valence-corrected chi connectivity index (χ3v) is 6.47. The second-order valence-corrected chi connectivity index (χ2v) is 8.75. The molecule has 1 aliphatic carbocycles. The van der Waals surface area contributed by atoms with Crippen LogP contribution in [0.15, 0.2) is 33.7 Å². The zero-order valence-corrected chi connectivity index (χ0v) is 18.2. The maximum Gasteiger partial charge on any atom is 0.266 e. The van der Waals surface area contributed by atoms with Crippen molar-refractivity contribution in [1.29, 1.82) is 0 Å². The molecule has 1 aromatic carbocycles. The van der Waals surface area contributed by atoms with E-state index in [1.165, 1.54) is 12.1 Å². The lowest BCUT2D eigenvalue weighted by molar-refractivity contribution is 0.146.